The Hall–Kier alpha value is -1.81. The van der Waals surface area contributed by atoms with Crippen LogP contribution in [0.5, 0.6) is 5.75 Å². The van der Waals surface area contributed by atoms with Crippen LogP contribution in [0.25, 0.3) is 10.8 Å². The second-order valence-corrected chi connectivity index (χ2v) is 5.80. The first-order chi connectivity index (χ1) is 9.55. The summed E-state index contributed by atoms with van der Waals surface area (Å²) in [6, 6.07) is 8.01. The number of anilines is 1. The maximum atomic E-state index is 5.65. The van der Waals surface area contributed by atoms with Crippen molar-refractivity contribution in [1.29, 1.82) is 0 Å². The van der Waals surface area contributed by atoms with E-state index in [1.807, 2.05) is 30.5 Å². The molecule has 20 heavy (non-hydrogen) atoms. The number of hydrogen-bond acceptors (Lipinski definition) is 4. The minimum Gasteiger partial charge on any atom is -0.497 e. The Morgan fingerprint density at radius 1 is 1.30 bits per heavy atom. The maximum absolute atomic E-state index is 5.65. The van der Waals surface area contributed by atoms with Gasteiger partial charge >= 0.3 is 0 Å². The summed E-state index contributed by atoms with van der Waals surface area (Å²) in [6.07, 6.45) is 2.80. The van der Waals surface area contributed by atoms with Gasteiger partial charge in [0.25, 0.3) is 0 Å². The van der Waals surface area contributed by atoms with Crippen LogP contribution in [-0.4, -0.2) is 25.2 Å². The molecule has 4 nitrogen and oxygen atoms in total. The van der Waals surface area contributed by atoms with Gasteiger partial charge in [0.15, 0.2) is 0 Å². The molecule has 0 aliphatic carbocycles. The number of nitrogens with two attached hydrogens (primary N) is 1. The smallest absolute Gasteiger partial charge is 0.133 e. The van der Waals surface area contributed by atoms with E-state index in [-0.39, 0.29) is 5.41 Å². The predicted octanol–water partition coefficient (Wildman–Crippen LogP) is 3.03. The normalized spacial score (nSPS) is 11.6. The third kappa shape index (κ3) is 3.39. The number of fused-ring (bicyclic) bond motifs is 1. The van der Waals surface area contributed by atoms with E-state index in [4.69, 9.17) is 10.5 Å². The Kier molecular flexibility index (Phi) is 4.45. The third-order valence-electron chi connectivity index (χ3n) is 3.53. The summed E-state index contributed by atoms with van der Waals surface area (Å²) in [5.41, 5.74) is 5.81. The molecule has 0 spiro atoms. The Balaban J connectivity index is 2.22. The van der Waals surface area contributed by atoms with E-state index >= 15 is 0 Å². The number of pyridine rings is 1. The van der Waals surface area contributed by atoms with E-state index < -0.39 is 0 Å². The zero-order valence-electron chi connectivity index (χ0n) is 12.4. The predicted molar refractivity (Wildman–Crippen MR) is 84.2 cm³/mol. The van der Waals surface area contributed by atoms with Crippen molar-refractivity contribution in [2.24, 2.45) is 11.1 Å². The van der Waals surface area contributed by atoms with Crippen LogP contribution in [0.15, 0.2) is 30.5 Å². The largest absolute Gasteiger partial charge is 0.497 e. The van der Waals surface area contributed by atoms with E-state index in [2.05, 4.69) is 24.1 Å². The summed E-state index contributed by atoms with van der Waals surface area (Å²) in [5.74, 6) is 1.77. The first-order valence-electron chi connectivity index (χ1n) is 6.92. The number of nitrogens with one attached hydrogen (secondary N) is 1. The van der Waals surface area contributed by atoms with Gasteiger partial charge < -0.3 is 15.8 Å². The molecule has 2 rings (SSSR count). The van der Waals surface area contributed by atoms with Crippen molar-refractivity contribution in [2.75, 3.05) is 25.5 Å². The molecule has 108 valence electrons. The molecule has 0 saturated carbocycles. The van der Waals surface area contributed by atoms with Crippen molar-refractivity contribution in [2.45, 2.75) is 20.3 Å². The van der Waals surface area contributed by atoms with Crippen LogP contribution in [0.4, 0.5) is 5.82 Å². The lowest BCUT2D eigenvalue weighted by atomic mass is 9.89. The molecule has 0 aliphatic heterocycles. The van der Waals surface area contributed by atoms with Gasteiger partial charge in [0, 0.05) is 18.1 Å². The average Bonchev–Trinajstić information content (AvgIpc) is 2.44. The molecule has 4 heteroatoms. The number of aromatic nitrogens is 1. The fraction of sp³-hybridized carbons (Fsp3) is 0.438. The Labute approximate surface area is 120 Å². The van der Waals surface area contributed by atoms with Gasteiger partial charge in [-0.25, -0.2) is 4.98 Å². The number of nitrogens with zero attached hydrogens (tertiary/aromatic N) is 1. The average molecular weight is 273 g/mol. The van der Waals surface area contributed by atoms with Crippen LogP contribution in [0.1, 0.15) is 20.3 Å². The lowest BCUT2D eigenvalue weighted by Crippen LogP contribution is -2.26. The molecule has 0 radical (unpaired) electrons. The van der Waals surface area contributed by atoms with E-state index in [0.29, 0.717) is 6.54 Å². The number of ether oxygens (including phenoxy) is 1. The van der Waals surface area contributed by atoms with Crippen molar-refractivity contribution in [3.63, 3.8) is 0 Å². The molecule has 2 aromatic rings. The van der Waals surface area contributed by atoms with Crippen LogP contribution in [0.3, 0.4) is 0 Å². The summed E-state index contributed by atoms with van der Waals surface area (Å²) in [7, 11) is 1.68. The van der Waals surface area contributed by atoms with Crippen molar-refractivity contribution in [3.05, 3.63) is 30.5 Å². The van der Waals surface area contributed by atoms with Gasteiger partial charge in [0.2, 0.25) is 0 Å². The molecular formula is C16H23N3O. The first kappa shape index (κ1) is 14.6. The summed E-state index contributed by atoms with van der Waals surface area (Å²) >= 11 is 0. The van der Waals surface area contributed by atoms with Gasteiger partial charge in [-0.15, -0.1) is 0 Å². The molecule has 0 aliphatic rings. The van der Waals surface area contributed by atoms with E-state index in [9.17, 15) is 0 Å². The highest BCUT2D eigenvalue weighted by atomic mass is 16.5. The van der Waals surface area contributed by atoms with Crippen molar-refractivity contribution in [1.82, 2.24) is 4.98 Å². The lowest BCUT2D eigenvalue weighted by Gasteiger charge is -2.24. The molecule has 3 N–H and O–H groups in total. The fourth-order valence-electron chi connectivity index (χ4n) is 2.23. The maximum Gasteiger partial charge on any atom is 0.133 e. The Morgan fingerprint density at radius 2 is 2.10 bits per heavy atom. The van der Waals surface area contributed by atoms with Crippen LogP contribution < -0.4 is 15.8 Å². The van der Waals surface area contributed by atoms with Gasteiger partial charge in [0.05, 0.1) is 7.11 Å². The molecule has 1 heterocycles. The van der Waals surface area contributed by atoms with Crippen LogP contribution in [0, 0.1) is 5.41 Å². The molecule has 1 aromatic carbocycles. The SMILES string of the molecule is COc1ccc2c(NCC(C)(C)CCN)nccc2c1. The van der Waals surface area contributed by atoms with Gasteiger partial charge in [-0.2, -0.15) is 0 Å². The Bertz CT molecular complexity index is 581. The number of benzene rings is 1. The minimum atomic E-state index is 0.158. The highest BCUT2D eigenvalue weighted by molar-refractivity contribution is 5.92. The third-order valence-corrected chi connectivity index (χ3v) is 3.53. The van der Waals surface area contributed by atoms with Crippen molar-refractivity contribution >= 4 is 16.6 Å². The molecule has 1 aromatic heterocycles. The Morgan fingerprint density at radius 3 is 2.80 bits per heavy atom. The molecule has 0 fully saturated rings. The second-order valence-electron chi connectivity index (χ2n) is 5.80. The number of methoxy groups -OCH3 is 1. The summed E-state index contributed by atoms with van der Waals surface area (Å²) in [6.45, 7) is 5.97. The quantitative estimate of drug-likeness (QED) is 0.849. The van der Waals surface area contributed by atoms with Crippen LogP contribution in [-0.2, 0) is 0 Å². The number of rotatable bonds is 6. The minimum absolute atomic E-state index is 0.158. The summed E-state index contributed by atoms with van der Waals surface area (Å²) in [5, 5.41) is 5.67. The summed E-state index contributed by atoms with van der Waals surface area (Å²) in [4.78, 5) is 4.44. The van der Waals surface area contributed by atoms with Gasteiger partial charge in [-0.1, -0.05) is 13.8 Å². The summed E-state index contributed by atoms with van der Waals surface area (Å²) < 4.78 is 5.25. The molecule has 0 unspecified atom stereocenters. The first-order valence-corrected chi connectivity index (χ1v) is 6.92. The molecule has 0 amide bonds. The number of hydrogen-bond donors (Lipinski definition) is 2. The second kappa shape index (κ2) is 6.09. The highest BCUT2D eigenvalue weighted by Gasteiger charge is 2.17. The fourth-order valence-corrected chi connectivity index (χ4v) is 2.23. The highest BCUT2D eigenvalue weighted by Crippen LogP contribution is 2.27. The lowest BCUT2D eigenvalue weighted by molar-refractivity contribution is 0.365. The van der Waals surface area contributed by atoms with Crippen LogP contribution in [0.2, 0.25) is 0 Å². The van der Waals surface area contributed by atoms with Crippen molar-refractivity contribution in [3.8, 4) is 5.75 Å². The standard InChI is InChI=1S/C16H23N3O/c1-16(2,7-8-17)11-19-15-14-5-4-13(20-3)10-12(14)6-9-18-15/h4-6,9-10H,7-8,11,17H2,1-3H3,(H,18,19). The monoisotopic (exact) mass is 273 g/mol. The van der Waals surface area contributed by atoms with E-state index in [0.717, 1.165) is 35.3 Å². The van der Waals surface area contributed by atoms with Gasteiger partial charge in [-0.3, -0.25) is 0 Å². The molecule has 0 atom stereocenters. The van der Waals surface area contributed by atoms with Gasteiger partial charge in [-0.05, 0) is 48.0 Å². The zero-order valence-corrected chi connectivity index (χ0v) is 12.4. The van der Waals surface area contributed by atoms with Crippen LogP contribution >= 0.6 is 0 Å². The molecule has 0 saturated heterocycles. The molecule has 0 bridgehead atoms. The van der Waals surface area contributed by atoms with Crippen molar-refractivity contribution < 1.29 is 4.74 Å². The topological polar surface area (TPSA) is 60.2 Å². The van der Waals surface area contributed by atoms with E-state index in [1.165, 1.54) is 0 Å². The zero-order chi connectivity index (χ0) is 14.6. The van der Waals surface area contributed by atoms with Gasteiger partial charge in [0.1, 0.15) is 11.6 Å². The molecular weight excluding hydrogens is 250 g/mol. The van der Waals surface area contributed by atoms with E-state index in [1.54, 1.807) is 7.11 Å².